The van der Waals surface area contributed by atoms with Crippen molar-refractivity contribution >= 4 is 17.5 Å². The van der Waals surface area contributed by atoms with Crippen LogP contribution in [0.1, 0.15) is 15.9 Å². The molecule has 29 heavy (non-hydrogen) atoms. The second-order valence-electron chi connectivity index (χ2n) is 5.63. The zero-order chi connectivity index (χ0) is 21.6. The zero-order valence-corrected chi connectivity index (χ0v) is 16.7. The first-order valence-corrected chi connectivity index (χ1v) is 8.32. The molecule has 2 aromatic carbocycles. The molecule has 0 spiro atoms. The quantitative estimate of drug-likeness (QED) is 0.271. The third-order valence-corrected chi connectivity index (χ3v) is 4.09. The maximum Gasteiger partial charge on any atom is 0.280 e. The average molecular weight is 403 g/mol. The van der Waals surface area contributed by atoms with Crippen LogP contribution in [0.3, 0.4) is 0 Å². The fourth-order valence-electron chi connectivity index (χ4n) is 2.66. The molecular weight excluding hydrogens is 382 g/mol. The summed E-state index contributed by atoms with van der Waals surface area (Å²) in [6.45, 7) is 0. The lowest BCUT2D eigenvalue weighted by Crippen LogP contribution is -2.01. The number of carbonyl (C=O) groups is 1. The van der Waals surface area contributed by atoms with Crippen molar-refractivity contribution in [1.82, 2.24) is 0 Å². The minimum absolute atomic E-state index is 0.188. The predicted molar refractivity (Wildman–Crippen MR) is 106 cm³/mol. The molecule has 9 heteroatoms. The molecule has 0 aliphatic carbocycles. The molecule has 0 atom stereocenters. The zero-order valence-electron chi connectivity index (χ0n) is 16.7. The Bertz CT molecular complexity index is 927. The SMILES string of the molecule is COc1cc(C=CC(=O)c2cc(OC)c(OC)c(OC)c2)c([N+](=O)[O-])cc1OC. The third kappa shape index (κ3) is 4.57. The molecule has 0 aromatic heterocycles. The van der Waals surface area contributed by atoms with Gasteiger partial charge in [-0.2, -0.15) is 0 Å². The summed E-state index contributed by atoms with van der Waals surface area (Å²) in [5.41, 5.74) is 0.226. The van der Waals surface area contributed by atoms with Gasteiger partial charge in [-0.15, -0.1) is 0 Å². The molecule has 0 amide bonds. The molecule has 0 fully saturated rings. The van der Waals surface area contributed by atoms with Crippen LogP contribution in [0.5, 0.6) is 28.7 Å². The van der Waals surface area contributed by atoms with Crippen LogP contribution in [0.4, 0.5) is 5.69 Å². The number of methoxy groups -OCH3 is 5. The molecule has 0 saturated carbocycles. The maximum atomic E-state index is 12.6. The molecule has 0 unspecified atom stereocenters. The predicted octanol–water partition coefficient (Wildman–Crippen LogP) is 3.53. The number of carbonyl (C=O) groups excluding carboxylic acids is 1. The molecule has 0 heterocycles. The Morgan fingerprint density at radius 2 is 1.34 bits per heavy atom. The highest BCUT2D eigenvalue weighted by atomic mass is 16.6. The Morgan fingerprint density at radius 1 is 0.828 bits per heavy atom. The number of nitrogens with zero attached hydrogens (tertiary/aromatic N) is 1. The number of hydrogen-bond donors (Lipinski definition) is 0. The molecule has 0 bridgehead atoms. The van der Waals surface area contributed by atoms with E-state index in [0.29, 0.717) is 23.0 Å². The van der Waals surface area contributed by atoms with Crippen LogP contribution in [-0.2, 0) is 0 Å². The maximum absolute atomic E-state index is 12.6. The first kappa shape index (κ1) is 21.5. The highest BCUT2D eigenvalue weighted by molar-refractivity contribution is 6.07. The van der Waals surface area contributed by atoms with E-state index in [9.17, 15) is 14.9 Å². The fourth-order valence-corrected chi connectivity index (χ4v) is 2.66. The van der Waals surface area contributed by atoms with E-state index in [2.05, 4.69) is 0 Å². The van der Waals surface area contributed by atoms with Gasteiger partial charge in [0, 0.05) is 5.56 Å². The first-order chi connectivity index (χ1) is 13.9. The second-order valence-corrected chi connectivity index (χ2v) is 5.63. The van der Waals surface area contributed by atoms with Gasteiger partial charge >= 0.3 is 0 Å². The van der Waals surface area contributed by atoms with Crippen molar-refractivity contribution in [3.63, 3.8) is 0 Å². The van der Waals surface area contributed by atoms with Crippen molar-refractivity contribution in [2.75, 3.05) is 35.5 Å². The van der Waals surface area contributed by atoms with Gasteiger partial charge in [-0.1, -0.05) is 0 Å². The van der Waals surface area contributed by atoms with E-state index < -0.39 is 10.7 Å². The molecule has 2 rings (SSSR count). The number of nitro benzene ring substituents is 1. The monoisotopic (exact) mass is 403 g/mol. The summed E-state index contributed by atoms with van der Waals surface area (Å²) in [5, 5.41) is 11.4. The minimum atomic E-state index is -0.564. The Kier molecular flexibility index (Phi) is 7.02. The standard InChI is InChI=1S/C20H21NO8/c1-25-16-8-12(14(21(23)24)11-17(16)26-2)6-7-15(22)13-9-18(27-3)20(29-5)19(10-13)28-4/h6-11H,1-5H3. The van der Waals surface area contributed by atoms with Crippen LogP contribution >= 0.6 is 0 Å². The van der Waals surface area contributed by atoms with Crippen LogP contribution < -0.4 is 23.7 Å². The topological polar surface area (TPSA) is 106 Å². The first-order valence-electron chi connectivity index (χ1n) is 8.32. The lowest BCUT2D eigenvalue weighted by molar-refractivity contribution is -0.385. The average Bonchev–Trinajstić information content (AvgIpc) is 2.75. The summed E-state index contributed by atoms with van der Waals surface area (Å²) in [4.78, 5) is 23.5. The summed E-state index contributed by atoms with van der Waals surface area (Å²) in [7, 11) is 7.13. The summed E-state index contributed by atoms with van der Waals surface area (Å²) in [5.74, 6) is 1.10. The Morgan fingerprint density at radius 3 is 1.79 bits per heavy atom. The normalized spacial score (nSPS) is 10.5. The lowest BCUT2D eigenvalue weighted by atomic mass is 10.1. The summed E-state index contributed by atoms with van der Waals surface area (Å²) >= 11 is 0. The van der Waals surface area contributed by atoms with E-state index in [1.165, 1.54) is 72.0 Å². The van der Waals surface area contributed by atoms with Crippen LogP contribution in [0, 0.1) is 10.1 Å². The molecule has 154 valence electrons. The van der Waals surface area contributed by atoms with E-state index in [1.54, 1.807) is 0 Å². The fraction of sp³-hybridized carbons (Fsp3) is 0.250. The highest BCUT2D eigenvalue weighted by Gasteiger charge is 2.19. The number of benzene rings is 2. The van der Waals surface area contributed by atoms with Crippen LogP contribution in [0.2, 0.25) is 0 Å². The molecule has 0 radical (unpaired) electrons. The van der Waals surface area contributed by atoms with Crippen molar-refractivity contribution in [2.24, 2.45) is 0 Å². The summed E-state index contributed by atoms with van der Waals surface area (Å²) < 4.78 is 26.0. The Labute approximate surface area is 167 Å². The number of rotatable bonds is 9. The molecule has 9 nitrogen and oxygen atoms in total. The number of nitro groups is 1. The third-order valence-electron chi connectivity index (χ3n) is 4.09. The van der Waals surface area contributed by atoms with Gasteiger partial charge in [-0.05, 0) is 30.4 Å². The van der Waals surface area contributed by atoms with Gasteiger partial charge in [-0.25, -0.2) is 0 Å². The summed E-state index contributed by atoms with van der Waals surface area (Å²) in [6, 6.07) is 5.66. The number of ether oxygens (including phenoxy) is 5. The van der Waals surface area contributed by atoms with Crippen molar-refractivity contribution in [3.8, 4) is 28.7 Å². The Balaban J connectivity index is 2.47. The highest BCUT2D eigenvalue weighted by Crippen LogP contribution is 2.39. The van der Waals surface area contributed by atoms with E-state index in [0.717, 1.165) is 0 Å². The smallest absolute Gasteiger partial charge is 0.280 e. The molecule has 0 N–H and O–H groups in total. The molecule has 0 aliphatic rings. The minimum Gasteiger partial charge on any atom is -0.493 e. The molecule has 2 aromatic rings. The summed E-state index contributed by atoms with van der Waals surface area (Å²) in [6.07, 6.45) is 2.56. The molecule has 0 aliphatic heterocycles. The van der Waals surface area contributed by atoms with E-state index in [-0.39, 0.29) is 22.6 Å². The van der Waals surface area contributed by atoms with Gasteiger partial charge in [0.15, 0.2) is 28.8 Å². The number of allylic oxidation sites excluding steroid dienone is 1. The van der Waals surface area contributed by atoms with Crippen molar-refractivity contribution in [1.29, 1.82) is 0 Å². The van der Waals surface area contributed by atoms with Crippen LogP contribution in [0.15, 0.2) is 30.3 Å². The van der Waals surface area contributed by atoms with Crippen LogP contribution in [-0.4, -0.2) is 46.3 Å². The van der Waals surface area contributed by atoms with Crippen molar-refractivity contribution in [3.05, 3.63) is 51.6 Å². The van der Waals surface area contributed by atoms with Gasteiger partial charge in [-0.3, -0.25) is 14.9 Å². The van der Waals surface area contributed by atoms with Crippen molar-refractivity contribution < 1.29 is 33.4 Å². The van der Waals surface area contributed by atoms with Gasteiger partial charge in [0.1, 0.15) is 0 Å². The Hall–Kier alpha value is -3.75. The van der Waals surface area contributed by atoms with Gasteiger partial charge < -0.3 is 23.7 Å². The lowest BCUT2D eigenvalue weighted by Gasteiger charge is -2.13. The van der Waals surface area contributed by atoms with Crippen molar-refractivity contribution in [2.45, 2.75) is 0 Å². The van der Waals surface area contributed by atoms with E-state index >= 15 is 0 Å². The van der Waals surface area contributed by atoms with Gasteiger partial charge in [0.2, 0.25) is 5.75 Å². The van der Waals surface area contributed by atoms with E-state index in [4.69, 9.17) is 23.7 Å². The second kappa shape index (κ2) is 9.45. The van der Waals surface area contributed by atoms with E-state index in [1.807, 2.05) is 0 Å². The van der Waals surface area contributed by atoms with Crippen LogP contribution in [0.25, 0.3) is 6.08 Å². The van der Waals surface area contributed by atoms with Gasteiger partial charge in [0.25, 0.3) is 5.69 Å². The largest absolute Gasteiger partial charge is 0.493 e. The van der Waals surface area contributed by atoms with Gasteiger partial charge in [0.05, 0.1) is 52.1 Å². The number of hydrogen-bond acceptors (Lipinski definition) is 8. The molecule has 0 saturated heterocycles. The number of ketones is 1. The molecular formula is C20H21NO8.